The van der Waals surface area contributed by atoms with Crippen LogP contribution >= 0.6 is 11.6 Å². The molecule has 0 N–H and O–H groups in total. The second-order valence-corrected chi connectivity index (χ2v) is 10.1. The van der Waals surface area contributed by atoms with Gasteiger partial charge in [0.1, 0.15) is 15.9 Å². The van der Waals surface area contributed by atoms with E-state index in [1.807, 2.05) is 4.90 Å². The third-order valence-corrected chi connectivity index (χ3v) is 8.03. The lowest BCUT2D eigenvalue weighted by Gasteiger charge is -2.34. The molecule has 9 heteroatoms. The second-order valence-electron chi connectivity index (χ2n) is 7.79. The minimum absolute atomic E-state index is 0.00707. The van der Waals surface area contributed by atoms with Gasteiger partial charge < -0.3 is 4.90 Å². The number of sulfonamides is 1. The minimum atomic E-state index is -3.74. The van der Waals surface area contributed by atoms with E-state index in [0.717, 1.165) is 18.4 Å². The van der Waals surface area contributed by atoms with Crippen molar-refractivity contribution in [3.8, 4) is 0 Å². The van der Waals surface area contributed by atoms with E-state index in [0.29, 0.717) is 19.4 Å². The third-order valence-electron chi connectivity index (χ3n) is 5.68. The summed E-state index contributed by atoms with van der Waals surface area (Å²) in [6.07, 6.45) is 4.31. The standard InChI is InChI=1S/C21H23ClFN3O3S/c22-20-19(2-1-11-24-20)30(28,29)25-12-9-16(10-13-25)21(27)26(18-7-8-18)14-15-3-5-17(23)6-4-15/h1-6,11,16,18H,7-10,12-14H2. The van der Waals surface area contributed by atoms with Crippen molar-refractivity contribution in [1.29, 1.82) is 0 Å². The Morgan fingerprint density at radius 2 is 1.80 bits per heavy atom. The van der Waals surface area contributed by atoms with Gasteiger partial charge >= 0.3 is 0 Å². The summed E-state index contributed by atoms with van der Waals surface area (Å²) in [6.45, 7) is 0.978. The molecule has 4 rings (SSSR count). The average molecular weight is 452 g/mol. The molecule has 1 amide bonds. The van der Waals surface area contributed by atoms with E-state index in [1.165, 1.54) is 34.8 Å². The Hall–Kier alpha value is -2.03. The summed E-state index contributed by atoms with van der Waals surface area (Å²) in [5.74, 6) is -0.467. The number of hydrogen-bond donors (Lipinski definition) is 0. The van der Waals surface area contributed by atoms with Gasteiger partial charge in [-0.3, -0.25) is 4.79 Å². The van der Waals surface area contributed by atoms with E-state index in [2.05, 4.69) is 4.98 Å². The first kappa shape index (κ1) is 21.2. The number of pyridine rings is 1. The van der Waals surface area contributed by atoms with Crippen LogP contribution in [0.4, 0.5) is 4.39 Å². The molecule has 6 nitrogen and oxygen atoms in total. The molecule has 1 aromatic carbocycles. The van der Waals surface area contributed by atoms with Crippen molar-refractivity contribution >= 4 is 27.5 Å². The lowest BCUT2D eigenvalue weighted by Crippen LogP contribution is -2.44. The normalized spacial score (nSPS) is 18.3. The molecule has 2 fully saturated rings. The number of piperidine rings is 1. The zero-order valence-electron chi connectivity index (χ0n) is 16.4. The number of rotatable bonds is 6. The molecule has 160 valence electrons. The molecule has 0 bridgehead atoms. The van der Waals surface area contributed by atoms with Crippen molar-refractivity contribution in [2.75, 3.05) is 13.1 Å². The Balaban J connectivity index is 1.42. The van der Waals surface area contributed by atoms with Gasteiger partial charge in [0.25, 0.3) is 0 Å². The van der Waals surface area contributed by atoms with Crippen LogP contribution in [-0.2, 0) is 21.4 Å². The summed E-state index contributed by atoms with van der Waals surface area (Å²) < 4.78 is 40.3. The maximum absolute atomic E-state index is 13.2. The van der Waals surface area contributed by atoms with E-state index in [-0.39, 0.29) is 46.8 Å². The molecule has 0 radical (unpaired) electrons. The Morgan fingerprint density at radius 1 is 1.13 bits per heavy atom. The highest BCUT2D eigenvalue weighted by Crippen LogP contribution is 2.33. The number of carbonyl (C=O) groups is 1. The number of nitrogens with zero attached hydrogens (tertiary/aromatic N) is 3. The molecule has 1 aromatic heterocycles. The summed E-state index contributed by atoms with van der Waals surface area (Å²) in [6, 6.07) is 9.40. The van der Waals surface area contributed by atoms with Gasteiger partial charge in [-0.1, -0.05) is 23.7 Å². The smallest absolute Gasteiger partial charge is 0.246 e. The maximum Gasteiger partial charge on any atom is 0.246 e. The molecule has 0 atom stereocenters. The highest BCUT2D eigenvalue weighted by molar-refractivity contribution is 7.89. The maximum atomic E-state index is 13.2. The predicted molar refractivity (Wildman–Crippen MR) is 111 cm³/mol. The summed E-state index contributed by atoms with van der Waals surface area (Å²) >= 11 is 5.98. The van der Waals surface area contributed by atoms with Gasteiger partial charge in [-0.05, 0) is 55.5 Å². The number of benzene rings is 1. The van der Waals surface area contributed by atoms with Gasteiger partial charge in [0.2, 0.25) is 15.9 Å². The quantitative estimate of drug-likeness (QED) is 0.630. The molecular weight excluding hydrogens is 429 g/mol. The largest absolute Gasteiger partial charge is 0.335 e. The van der Waals surface area contributed by atoms with Crippen molar-refractivity contribution in [1.82, 2.24) is 14.2 Å². The number of aromatic nitrogens is 1. The van der Waals surface area contributed by atoms with Crippen LogP contribution in [0.1, 0.15) is 31.2 Å². The van der Waals surface area contributed by atoms with Crippen LogP contribution in [0.2, 0.25) is 5.15 Å². The van der Waals surface area contributed by atoms with E-state index in [4.69, 9.17) is 11.6 Å². The lowest BCUT2D eigenvalue weighted by molar-refractivity contribution is -0.138. The molecule has 2 heterocycles. The molecule has 0 unspecified atom stereocenters. The van der Waals surface area contributed by atoms with Crippen LogP contribution in [-0.4, -0.2) is 47.6 Å². The van der Waals surface area contributed by atoms with Gasteiger partial charge in [-0.25, -0.2) is 17.8 Å². The summed E-state index contributed by atoms with van der Waals surface area (Å²) in [7, 11) is -3.74. The first-order valence-corrected chi connectivity index (χ1v) is 11.8. The Kier molecular flexibility index (Phi) is 6.09. The molecular formula is C21H23ClFN3O3S. The van der Waals surface area contributed by atoms with Crippen molar-refractivity contribution in [2.45, 2.75) is 43.2 Å². The minimum Gasteiger partial charge on any atom is -0.335 e. The Morgan fingerprint density at radius 3 is 2.40 bits per heavy atom. The first-order chi connectivity index (χ1) is 14.4. The monoisotopic (exact) mass is 451 g/mol. The van der Waals surface area contributed by atoms with Crippen LogP contribution in [0, 0.1) is 11.7 Å². The van der Waals surface area contributed by atoms with Crippen molar-refractivity contribution < 1.29 is 17.6 Å². The molecule has 1 saturated carbocycles. The second kappa shape index (κ2) is 8.61. The number of amides is 1. The first-order valence-electron chi connectivity index (χ1n) is 10.0. The molecule has 0 spiro atoms. The zero-order valence-corrected chi connectivity index (χ0v) is 17.9. The van der Waals surface area contributed by atoms with Crippen LogP contribution < -0.4 is 0 Å². The highest BCUT2D eigenvalue weighted by Gasteiger charge is 2.39. The fourth-order valence-corrected chi connectivity index (χ4v) is 5.74. The van der Waals surface area contributed by atoms with Gasteiger partial charge in [-0.2, -0.15) is 4.31 Å². The van der Waals surface area contributed by atoms with E-state index in [1.54, 1.807) is 12.1 Å². The van der Waals surface area contributed by atoms with Crippen LogP contribution in [0.3, 0.4) is 0 Å². The summed E-state index contributed by atoms with van der Waals surface area (Å²) in [5, 5.41) is -0.0464. The van der Waals surface area contributed by atoms with Crippen LogP contribution in [0.5, 0.6) is 0 Å². The molecule has 2 aliphatic rings. The Labute approximate surface area is 180 Å². The summed E-state index contributed by atoms with van der Waals surface area (Å²) in [5.41, 5.74) is 0.892. The van der Waals surface area contributed by atoms with Crippen molar-refractivity contribution in [3.63, 3.8) is 0 Å². The van der Waals surface area contributed by atoms with Gasteiger partial charge in [-0.15, -0.1) is 0 Å². The number of carbonyl (C=O) groups excluding carboxylic acids is 1. The number of halogens is 2. The zero-order chi connectivity index (χ0) is 21.3. The lowest BCUT2D eigenvalue weighted by atomic mass is 9.96. The van der Waals surface area contributed by atoms with E-state index >= 15 is 0 Å². The predicted octanol–water partition coefficient (Wildman–Crippen LogP) is 3.47. The van der Waals surface area contributed by atoms with Crippen molar-refractivity contribution in [3.05, 3.63) is 59.1 Å². The molecule has 1 saturated heterocycles. The van der Waals surface area contributed by atoms with Crippen molar-refractivity contribution in [2.24, 2.45) is 5.92 Å². The fourth-order valence-electron chi connectivity index (χ4n) is 3.84. The van der Waals surface area contributed by atoms with E-state index < -0.39 is 10.0 Å². The summed E-state index contributed by atoms with van der Waals surface area (Å²) in [4.78, 5) is 18.9. The van der Waals surface area contributed by atoms with Gasteiger partial charge in [0.15, 0.2) is 0 Å². The van der Waals surface area contributed by atoms with Gasteiger partial charge in [0.05, 0.1) is 0 Å². The van der Waals surface area contributed by atoms with Crippen LogP contribution in [0.15, 0.2) is 47.5 Å². The van der Waals surface area contributed by atoms with E-state index in [9.17, 15) is 17.6 Å². The Bertz CT molecular complexity index is 1020. The molecule has 1 aliphatic heterocycles. The molecule has 2 aromatic rings. The average Bonchev–Trinajstić information content (AvgIpc) is 3.58. The topological polar surface area (TPSA) is 70.6 Å². The highest BCUT2D eigenvalue weighted by atomic mass is 35.5. The SMILES string of the molecule is O=C(C1CCN(S(=O)(=O)c2cccnc2Cl)CC1)N(Cc1ccc(F)cc1)C1CC1. The fraction of sp³-hybridized carbons (Fsp3) is 0.429. The third kappa shape index (κ3) is 4.50. The molecule has 1 aliphatic carbocycles. The van der Waals surface area contributed by atoms with Crippen LogP contribution in [0.25, 0.3) is 0 Å². The number of hydrogen-bond acceptors (Lipinski definition) is 4. The molecule has 30 heavy (non-hydrogen) atoms. The van der Waals surface area contributed by atoms with Gasteiger partial charge in [0, 0.05) is 37.8 Å².